The maximum absolute atomic E-state index is 10.9. The van der Waals surface area contributed by atoms with Crippen LogP contribution in [-0.2, 0) is 6.42 Å². The summed E-state index contributed by atoms with van der Waals surface area (Å²) in [6.45, 7) is 2.23. The van der Waals surface area contributed by atoms with Crippen molar-refractivity contribution in [3.8, 4) is 0 Å². The van der Waals surface area contributed by atoms with Gasteiger partial charge in [-0.2, -0.15) is 0 Å². The van der Waals surface area contributed by atoms with Gasteiger partial charge in [-0.25, -0.2) is 4.79 Å². The number of halogens is 1. The number of carboxylic acids is 1. The summed E-state index contributed by atoms with van der Waals surface area (Å²) in [5.74, 6) is -0.854. The number of rotatable bonds is 7. The quantitative estimate of drug-likeness (QED) is 0.728. The second kappa shape index (κ2) is 8.15. The van der Waals surface area contributed by atoms with E-state index >= 15 is 0 Å². The van der Waals surface area contributed by atoms with E-state index in [-0.39, 0.29) is 12.4 Å². The Labute approximate surface area is 127 Å². The fourth-order valence-electron chi connectivity index (χ4n) is 2.73. The van der Waals surface area contributed by atoms with Crippen molar-refractivity contribution in [2.75, 3.05) is 5.32 Å². The zero-order chi connectivity index (χ0) is 13.7. The Balaban J connectivity index is 0.00000200. The maximum Gasteiger partial charge on any atom is 0.335 e. The standard InChI is InChI=1S/C16H23NO2.ClH/c1-2-3-4-5-6-7-14-10-12-8-9-13(16(18)19)11-15(12)17-14;/h8-9,11,14,17H,2-7,10H2,1H3,(H,18,19);1H. The van der Waals surface area contributed by atoms with Crippen LogP contribution < -0.4 is 5.32 Å². The number of carbonyl (C=O) groups is 1. The van der Waals surface area contributed by atoms with Crippen LogP contribution in [0.25, 0.3) is 0 Å². The Morgan fingerprint density at radius 1 is 1.30 bits per heavy atom. The van der Waals surface area contributed by atoms with Gasteiger partial charge in [0.1, 0.15) is 0 Å². The number of carboxylic acid groups (broad SMARTS) is 1. The molecule has 0 fully saturated rings. The number of benzene rings is 1. The molecule has 1 aliphatic rings. The fraction of sp³-hybridized carbons (Fsp3) is 0.562. The molecule has 1 aromatic carbocycles. The number of aromatic carboxylic acids is 1. The molecule has 1 unspecified atom stereocenters. The molecule has 112 valence electrons. The molecule has 0 amide bonds. The van der Waals surface area contributed by atoms with E-state index in [1.807, 2.05) is 6.07 Å². The van der Waals surface area contributed by atoms with Gasteiger partial charge in [-0.05, 0) is 30.5 Å². The molecule has 2 N–H and O–H groups in total. The molecule has 20 heavy (non-hydrogen) atoms. The SMILES string of the molecule is CCCCCCCC1Cc2ccc(C(=O)O)cc2N1.Cl. The summed E-state index contributed by atoms with van der Waals surface area (Å²) in [6, 6.07) is 5.89. The van der Waals surface area contributed by atoms with Crippen molar-refractivity contribution in [3.05, 3.63) is 29.3 Å². The normalized spacial score (nSPS) is 16.1. The third kappa shape index (κ3) is 4.41. The molecule has 0 aliphatic carbocycles. The highest BCUT2D eigenvalue weighted by molar-refractivity contribution is 5.89. The minimum absolute atomic E-state index is 0. The molecule has 0 aromatic heterocycles. The number of hydrogen-bond acceptors (Lipinski definition) is 2. The summed E-state index contributed by atoms with van der Waals surface area (Å²) >= 11 is 0. The molecule has 0 bridgehead atoms. The molecular formula is C16H24ClNO2. The van der Waals surface area contributed by atoms with Crippen LogP contribution in [0.4, 0.5) is 5.69 Å². The zero-order valence-electron chi connectivity index (χ0n) is 12.0. The van der Waals surface area contributed by atoms with Crippen molar-refractivity contribution in [2.24, 2.45) is 0 Å². The number of anilines is 1. The molecule has 1 heterocycles. The van der Waals surface area contributed by atoms with Gasteiger partial charge >= 0.3 is 5.97 Å². The van der Waals surface area contributed by atoms with Gasteiger partial charge < -0.3 is 10.4 Å². The molecule has 0 spiro atoms. The average molecular weight is 298 g/mol. The van der Waals surface area contributed by atoms with E-state index in [0.29, 0.717) is 11.6 Å². The topological polar surface area (TPSA) is 49.3 Å². The lowest BCUT2D eigenvalue weighted by molar-refractivity contribution is 0.0697. The van der Waals surface area contributed by atoms with Gasteiger partial charge in [-0.15, -0.1) is 12.4 Å². The van der Waals surface area contributed by atoms with Crippen LogP contribution in [0.5, 0.6) is 0 Å². The van der Waals surface area contributed by atoms with Crippen molar-refractivity contribution in [3.63, 3.8) is 0 Å². The zero-order valence-corrected chi connectivity index (χ0v) is 12.8. The monoisotopic (exact) mass is 297 g/mol. The van der Waals surface area contributed by atoms with Gasteiger partial charge in [0.15, 0.2) is 0 Å². The fourth-order valence-corrected chi connectivity index (χ4v) is 2.73. The molecule has 3 nitrogen and oxygen atoms in total. The van der Waals surface area contributed by atoms with Crippen LogP contribution in [-0.4, -0.2) is 17.1 Å². The molecular weight excluding hydrogens is 274 g/mol. The van der Waals surface area contributed by atoms with E-state index in [1.165, 1.54) is 44.1 Å². The van der Waals surface area contributed by atoms with Gasteiger partial charge in [-0.3, -0.25) is 0 Å². The summed E-state index contributed by atoms with van der Waals surface area (Å²) in [7, 11) is 0. The first-order valence-corrected chi connectivity index (χ1v) is 7.33. The molecule has 0 saturated heterocycles. The van der Waals surface area contributed by atoms with Crippen molar-refractivity contribution in [2.45, 2.75) is 57.9 Å². The highest BCUT2D eigenvalue weighted by Gasteiger charge is 2.21. The van der Waals surface area contributed by atoms with Gasteiger partial charge in [0.25, 0.3) is 0 Å². The summed E-state index contributed by atoms with van der Waals surface area (Å²) in [4.78, 5) is 10.9. The number of hydrogen-bond donors (Lipinski definition) is 2. The molecule has 0 radical (unpaired) electrons. The van der Waals surface area contributed by atoms with Crippen molar-refractivity contribution in [1.82, 2.24) is 0 Å². The van der Waals surface area contributed by atoms with Crippen LogP contribution in [0, 0.1) is 0 Å². The second-order valence-corrected chi connectivity index (χ2v) is 5.43. The lowest BCUT2D eigenvalue weighted by Crippen LogP contribution is -2.14. The van der Waals surface area contributed by atoms with Crippen LogP contribution in [0.2, 0.25) is 0 Å². The highest BCUT2D eigenvalue weighted by atomic mass is 35.5. The summed E-state index contributed by atoms with van der Waals surface area (Å²) in [5.41, 5.74) is 2.64. The summed E-state index contributed by atoms with van der Waals surface area (Å²) in [5, 5.41) is 12.4. The Bertz CT molecular complexity index is 448. The van der Waals surface area contributed by atoms with E-state index in [1.54, 1.807) is 12.1 Å². The Morgan fingerprint density at radius 3 is 2.75 bits per heavy atom. The maximum atomic E-state index is 10.9. The predicted molar refractivity (Wildman–Crippen MR) is 85.1 cm³/mol. The van der Waals surface area contributed by atoms with E-state index in [0.717, 1.165) is 12.1 Å². The van der Waals surface area contributed by atoms with Crippen LogP contribution in [0.15, 0.2) is 18.2 Å². The third-order valence-corrected chi connectivity index (χ3v) is 3.84. The van der Waals surface area contributed by atoms with E-state index in [9.17, 15) is 4.79 Å². The van der Waals surface area contributed by atoms with E-state index < -0.39 is 5.97 Å². The minimum Gasteiger partial charge on any atom is -0.478 e. The molecule has 1 aliphatic heterocycles. The van der Waals surface area contributed by atoms with Gasteiger partial charge in [0.05, 0.1) is 5.56 Å². The smallest absolute Gasteiger partial charge is 0.335 e. The first-order valence-electron chi connectivity index (χ1n) is 7.33. The second-order valence-electron chi connectivity index (χ2n) is 5.43. The number of fused-ring (bicyclic) bond motifs is 1. The Hall–Kier alpha value is -1.22. The summed E-state index contributed by atoms with van der Waals surface area (Å²) in [6.07, 6.45) is 8.73. The Kier molecular flexibility index (Phi) is 6.86. The first kappa shape index (κ1) is 16.8. The largest absolute Gasteiger partial charge is 0.478 e. The van der Waals surface area contributed by atoms with Crippen LogP contribution in [0.1, 0.15) is 61.4 Å². The predicted octanol–water partition coefficient (Wildman–Crippen LogP) is 4.50. The lowest BCUT2D eigenvalue weighted by Gasteiger charge is -2.10. The highest BCUT2D eigenvalue weighted by Crippen LogP contribution is 2.29. The van der Waals surface area contributed by atoms with E-state index in [4.69, 9.17) is 5.11 Å². The first-order chi connectivity index (χ1) is 9.20. The average Bonchev–Trinajstić information content (AvgIpc) is 2.80. The van der Waals surface area contributed by atoms with Crippen LogP contribution in [0.3, 0.4) is 0 Å². The summed E-state index contributed by atoms with van der Waals surface area (Å²) < 4.78 is 0. The lowest BCUT2D eigenvalue weighted by atomic mass is 10.0. The molecule has 4 heteroatoms. The van der Waals surface area contributed by atoms with Crippen molar-refractivity contribution in [1.29, 1.82) is 0 Å². The molecule has 0 saturated carbocycles. The number of unbranched alkanes of at least 4 members (excludes halogenated alkanes) is 4. The third-order valence-electron chi connectivity index (χ3n) is 3.84. The van der Waals surface area contributed by atoms with E-state index in [2.05, 4.69) is 12.2 Å². The van der Waals surface area contributed by atoms with Gasteiger partial charge in [0.2, 0.25) is 0 Å². The Morgan fingerprint density at radius 2 is 2.05 bits per heavy atom. The molecule has 1 aromatic rings. The molecule has 1 atom stereocenters. The van der Waals surface area contributed by atoms with Crippen molar-refractivity contribution >= 4 is 24.1 Å². The number of nitrogens with one attached hydrogen (secondary N) is 1. The van der Waals surface area contributed by atoms with Crippen molar-refractivity contribution < 1.29 is 9.90 Å². The van der Waals surface area contributed by atoms with Gasteiger partial charge in [-0.1, -0.05) is 45.1 Å². The van der Waals surface area contributed by atoms with Crippen LogP contribution >= 0.6 is 12.4 Å². The molecule has 2 rings (SSSR count). The van der Waals surface area contributed by atoms with Gasteiger partial charge in [0, 0.05) is 11.7 Å². The minimum atomic E-state index is -0.854.